The van der Waals surface area contributed by atoms with Crippen LogP contribution in [0.5, 0.6) is 5.75 Å². The minimum atomic E-state index is -0.234. The molecule has 20 heavy (non-hydrogen) atoms. The fourth-order valence-electron chi connectivity index (χ4n) is 1.94. The SMILES string of the molecule is [O-]c1c(Cl)cc(Cl)cc1C[NH2+]CCc1ccc(F)cc1. The van der Waals surface area contributed by atoms with Crippen molar-refractivity contribution < 1.29 is 14.8 Å². The van der Waals surface area contributed by atoms with E-state index in [-0.39, 0.29) is 16.6 Å². The van der Waals surface area contributed by atoms with Gasteiger partial charge in [0.05, 0.1) is 6.54 Å². The van der Waals surface area contributed by atoms with E-state index >= 15 is 0 Å². The van der Waals surface area contributed by atoms with Crippen LogP contribution in [0.15, 0.2) is 36.4 Å². The highest BCUT2D eigenvalue weighted by Crippen LogP contribution is 2.28. The van der Waals surface area contributed by atoms with Crippen LogP contribution in [-0.2, 0) is 13.0 Å². The monoisotopic (exact) mass is 313 g/mol. The molecule has 0 radical (unpaired) electrons. The fourth-order valence-corrected chi connectivity index (χ4v) is 2.48. The van der Waals surface area contributed by atoms with Crippen LogP contribution in [0.3, 0.4) is 0 Å². The second-order valence-corrected chi connectivity index (χ2v) is 5.38. The topological polar surface area (TPSA) is 39.7 Å². The van der Waals surface area contributed by atoms with Crippen LogP contribution >= 0.6 is 23.2 Å². The lowest BCUT2D eigenvalue weighted by atomic mass is 10.1. The van der Waals surface area contributed by atoms with E-state index < -0.39 is 0 Å². The van der Waals surface area contributed by atoms with Crippen LogP contribution in [0.1, 0.15) is 11.1 Å². The van der Waals surface area contributed by atoms with Crippen LogP contribution in [-0.4, -0.2) is 6.54 Å². The highest BCUT2D eigenvalue weighted by molar-refractivity contribution is 6.35. The maximum atomic E-state index is 12.7. The van der Waals surface area contributed by atoms with Crippen LogP contribution in [0.2, 0.25) is 10.0 Å². The molecule has 0 aliphatic rings. The summed E-state index contributed by atoms with van der Waals surface area (Å²) >= 11 is 11.7. The first-order valence-corrected chi connectivity index (χ1v) is 7.03. The normalized spacial score (nSPS) is 10.8. The Bertz CT molecular complexity index is 587. The molecule has 0 fully saturated rings. The summed E-state index contributed by atoms with van der Waals surface area (Å²) in [7, 11) is 0. The lowest BCUT2D eigenvalue weighted by Crippen LogP contribution is -2.83. The molecule has 0 aromatic heterocycles. The van der Waals surface area contributed by atoms with E-state index in [1.54, 1.807) is 18.2 Å². The molecule has 0 aliphatic carbocycles. The molecule has 0 spiro atoms. The van der Waals surface area contributed by atoms with Crippen molar-refractivity contribution in [1.29, 1.82) is 0 Å². The van der Waals surface area contributed by atoms with Crippen molar-refractivity contribution in [2.75, 3.05) is 6.54 Å². The molecule has 2 aromatic carbocycles. The minimum absolute atomic E-state index is 0.152. The molecule has 0 saturated carbocycles. The molecule has 106 valence electrons. The highest BCUT2D eigenvalue weighted by Gasteiger charge is 2.03. The molecule has 2 N–H and O–H groups in total. The van der Waals surface area contributed by atoms with Gasteiger partial charge in [0.1, 0.15) is 12.4 Å². The van der Waals surface area contributed by atoms with E-state index in [0.717, 1.165) is 18.5 Å². The van der Waals surface area contributed by atoms with Crippen molar-refractivity contribution in [2.24, 2.45) is 0 Å². The average Bonchev–Trinajstić information content (AvgIpc) is 2.42. The summed E-state index contributed by atoms with van der Waals surface area (Å²) in [5.74, 6) is -0.406. The van der Waals surface area contributed by atoms with Crippen LogP contribution in [0.25, 0.3) is 0 Å². The van der Waals surface area contributed by atoms with Gasteiger partial charge >= 0.3 is 0 Å². The first kappa shape index (κ1) is 15.1. The quantitative estimate of drug-likeness (QED) is 0.846. The zero-order chi connectivity index (χ0) is 14.5. The Morgan fingerprint density at radius 1 is 1.10 bits per heavy atom. The molecular formula is C15H14Cl2FNO. The van der Waals surface area contributed by atoms with Gasteiger partial charge in [-0.25, -0.2) is 4.39 Å². The number of nitrogens with two attached hydrogens (primary N) is 1. The van der Waals surface area contributed by atoms with Gasteiger partial charge in [-0.2, -0.15) is 0 Å². The zero-order valence-electron chi connectivity index (χ0n) is 10.7. The third-order valence-corrected chi connectivity index (χ3v) is 3.50. The Hall–Kier alpha value is -1.29. The van der Waals surface area contributed by atoms with Gasteiger partial charge in [-0.3, -0.25) is 0 Å². The van der Waals surface area contributed by atoms with Gasteiger partial charge in [0, 0.05) is 22.0 Å². The molecule has 2 rings (SSSR count). The highest BCUT2D eigenvalue weighted by atomic mass is 35.5. The molecule has 0 atom stereocenters. The lowest BCUT2D eigenvalue weighted by molar-refractivity contribution is -0.670. The van der Waals surface area contributed by atoms with Crippen molar-refractivity contribution in [3.63, 3.8) is 0 Å². The molecular weight excluding hydrogens is 300 g/mol. The fraction of sp³-hybridized carbons (Fsp3) is 0.200. The lowest BCUT2D eigenvalue weighted by Gasteiger charge is -2.15. The van der Waals surface area contributed by atoms with Gasteiger partial charge in [0.15, 0.2) is 0 Å². The van der Waals surface area contributed by atoms with Crippen molar-refractivity contribution in [3.05, 3.63) is 63.4 Å². The molecule has 0 heterocycles. The van der Waals surface area contributed by atoms with Crippen molar-refractivity contribution >= 4 is 23.2 Å². The summed E-state index contributed by atoms with van der Waals surface area (Å²) in [5.41, 5.74) is 1.66. The Balaban J connectivity index is 1.86. The van der Waals surface area contributed by atoms with E-state index in [1.807, 2.05) is 5.32 Å². The van der Waals surface area contributed by atoms with Crippen LogP contribution in [0, 0.1) is 5.82 Å². The number of quaternary nitrogens is 1. The Labute approximate surface area is 127 Å². The molecule has 0 bridgehead atoms. The van der Waals surface area contributed by atoms with Crippen molar-refractivity contribution in [1.82, 2.24) is 0 Å². The molecule has 0 amide bonds. The van der Waals surface area contributed by atoms with E-state index in [0.29, 0.717) is 17.1 Å². The third-order valence-electron chi connectivity index (χ3n) is 3.00. The first-order valence-electron chi connectivity index (χ1n) is 6.27. The molecule has 5 heteroatoms. The predicted octanol–water partition coefficient (Wildman–Crippen LogP) is 2.51. The molecule has 0 saturated heterocycles. The van der Waals surface area contributed by atoms with Gasteiger partial charge in [-0.15, -0.1) is 0 Å². The second kappa shape index (κ2) is 6.93. The number of hydrogen-bond acceptors (Lipinski definition) is 1. The summed E-state index contributed by atoms with van der Waals surface area (Å²) in [4.78, 5) is 0. The smallest absolute Gasteiger partial charge is 0.123 e. The predicted molar refractivity (Wildman–Crippen MR) is 76.5 cm³/mol. The zero-order valence-corrected chi connectivity index (χ0v) is 12.2. The first-order chi connectivity index (χ1) is 9.56. The second-order valence-electron chi connectivity index (χ2n) is 4.53. The van der Waals surface area contributed by atoms with E-state index in [1.165, 1.54) is 18.2 Å². The Kier molecular flexibility index (Phi) is 5.24. The van der Waals surface area contributed by atoms with Crippen LogP contribution < -0.4 is 10.4 Å². The summed E-state index contributed by atoms with van der Waals surface area (Å²) in [6.45, 7) is 1.33. The van der Waals surface area contributed by atoms with Crippen molar-refractivity contribution in [2.45, 2.75) is 13.0 Å². The molecule has 0 unspecified atom stereocenters. The van der Waals surface area contributed by atoms with Gasteiger partial charge in [-0.05, 0) is 29.8 Å². The maximum Gasteiger partial charge on any atom is 0.123 e. The largest absolute Gasteiger partial charge is 0.871 e. The van der Waals surface area contributed by atoms with E-state index in [9.17, 15) is 9.50 Å². The maximum absolute atomic E-state index is 12.7. The summed E-state index contributed by atoms with van der Waals surface area (Å²) in [6, 6.07) is 9.51. The van der Waals surface area contributed by atoms with Gasteiger partial charge in [0.25, 0.3) is 0 Å². The standard InChI is InChI=1S/C15H14Cl2FNO/c16-12-7-11(15(20)14(17)8-12)9-19-6-5-10-1-3-13(18)4-2-10/h1-4,7-8,19-20H,5-6,9H2. The Morgan fingerprint density at radius 3 is 2.50 bits per heavy atom. The Morgan fingerprint density at radius 2 is 1.80 bits per heavy atom. The summed E-state index contributed by atoms with van der Waals surface area (Å²) in [5, 5.41) is 14.4. The van der Waals surface area contributed by atoms with Gasteiger partial charge < -0.3 is 10.4 Å². The summed E-state index contributed by atoms with van der Waals surface area (Å²) in [6.07, 6.45) is 0.808. The van der Waals surface area contributed by atoms with E-state index in [4.69, 9.17) is 23.2 Å². The number of rotatable bonds is 5. The number of hydrogen-bond donors (Lipinski definition) is 1. The third kappa shape index (κ3) is 4.10. The van der Waals surface area contributed by atoms with Gasteiger partial charge in [-0.1, -0.05) is 41.1 Å². The molecule has 0 aliphatic heterocycles. The number of halogens is 3. The van der Waals surface area contributed by atoms with Gasteiger partial charge in [0.2, 0.25) is 0 Å². The summed E-state index contributed by atoms with van der Waals surface area (Å²) < 4.78 is 12.7. The van der Waals surface area contributed by atoms with Crippen LogP contribution in [0.4, 0.5) is 4.39 Å². The number of benzene rings is 2. The van der Waals surface area contributed by atoms with Crippen molar-refractivity contribution in [3.8, 4) is 5.75 Å². The van der Waals surface area contributed by atoms with E-state index in [2.05, 4.69) is 0 Å². The minimum Gasteiger partial charge on any atom is -0.871 e. The molecule has 2 nitrogen and oxygen atoms in total. The molecule has 2 aromatic rings. The average molecular weight is 314 g/mol.